The van der Waals surface area contributed by atoms with E-state index in [2.05, 4.69) is 73.7 Å². The van der Waals surface area contributed by atoms with Crippen molar-refractivity contribution in [1.82, 2.24) is 48.6 Å². The van der Waals surface area contributed by atoms with E-state index in [0.717, 1.165) is 74.2 Å². The molecule has 1 saturated carbocycles. The van der Waals surface area contributed by atoms with E-state index in [0.29, 0.717) is 46.8 Å². The number of aromatic nitrogens is 7. The molecule has 306 valence electrons. The van der Waals surface area contributed by atoms with Crippen molar-refractivity contribution in [3.63, 3.8) is 0 Å². The number of piperazine rings is 1. The summed E-state index contributed by atoms with van der Waals surface area (Å²) in [4.78, 5) is 60.2. The van der Waals surface area contributed by atoms with Gasteiger partial charge >= 0.3 is 5.69 Å². The normalized spacial score (nSPS) is 20.1. The zero-order chi connectivity index (χ0) is 41.3. The quantitative estimate of drug-likeness (QED) is 0.165. The topological polar surface area (TPSA) is 157 Å². The first kappa shape index (κ1) is 38.7. The molecule has 9 rings (SSSR count). The predicted molar refractivity (Wildman–Crippen MR) is 227 cm³/mol. The number of anilines is 1. The van der Waals surface area contributed by atoms with E-state index in [4.69, 9.17) is 5.10 Å². The zero-order valence-electron chi connectivity index (χ0n) is 33.8. The minimum absolute atomic E-state index is 0.197. The van der Waals surface area contributed by atoms with Gasteiger partial charge in [0.15, 0.2) is 5.65 Å². The Morgan fingerprint density at radius 3 is 2.57 bits per heavy atom. The maximum Gasteiger partial charge on any atom is 0.329 e. The molecule has 0 bridgehead atoms. The van der Waals surface area contributed by atoms with Crippen LogP contribution in [0.1, 0.15) is 72.1 Å². The largest absolute Gasteiger partial charge is 0.375 e. The molecule has 1 unspecified atom stereocenters. The highest BCUT2D eigenvalue weighted by Gasteiger charge is 2.32. The molecule has 6 aromatic rings. The van der Waals surface area contributed by atoms with Gasteiger partial charge in [-0.3, -0.25) is 38.4 Å². The Balaban J connectivity index is 0.792. The number of carbonyl (C=O) groups excluding carboxylic acids is 3. The number of nitrogens with zero attached hydrogens (tertiary/aromatic N) is 9. The van der Waals surface area contributed by atoms with E-state index < -0.39 is 11.9 Å². The van der Waals surface area contributed by atoms with Crippen molar-refractivity contribution >= 4 is 40.1 Å². The summed E-state index contributed by atoms with van der Waals surface area (Å²) >= 11 is 0. The molecule has 3 amide bonds. The smallest absolute Gasteiger partial charge is 0.329 e. The molecular weight excluding hydrogens is 759 g/mol. The fraction of sp³-hybridized carbons (Fsp3) is 0.356. The number of para-hydroxylation sites is 1. The van der Waals surface area contributed by atoms with E-state index in [1.165, 1.54) is 4.57 Å². The van der Waals surface area contributed by atoms with Gasteiger partial charge in [0.25, 0.3) is 5.91 Å². The van der Waals surface area contributed by atoms with E-state index in [1.54, 1.807) is 40.8 Å². The number of allylic oxidation sites excluding steroid dienone is 1. The van der Waals surface area contributed by atoms with Crippen LogP contribution < -0.4 is 16.3 Å². The van der Waals surface area contributed by atoms with Crippen molar-refractivity contribution in [3.05, 3.63) is 113 Å². The fourth-order valence-electron chi connectivity index (χ4n) is 8.66. The molecule has 3 fully saturated rings. The lowest BCUT2D eigenvalue weighted by Crippen LogP contribution is -2.44. The summed E-state index contributed by atoms with van der Waals surface area (Å²) in [5.74, 6) is 6.07. The highest BCUT2D eigenvalue weighted by atomic mass is 16.2. The average molecular weight is 806 g/mol. The number of nitrogens with one attached hydrogen (secondary N) is 2. The van der Waals surface area contributed by atoms with Gasteiger partial charge in [0.2, 0.25) is 11.8 Å². The Hall–Kier alpha value is -6.79. The molecule has 1 aliphatic carbocycles. The van der Waals surface area contributed by atoms with E-state index in [9.17, 15) is 19.2 Å². The van der Waals surface area contributed by atoms with Crippen molar-refractivity contribution < 1.29 is 14.4 Å². The van der Waals surface area contributed by atoms with Crippen LogP contribution in [0.15, 0.2) is 90.4 Å². The standard InChI is InChI=1S/C45H47N11O4/c1-30-9-13-32(14-10-30)40-36(48-43(58)35-28-47-54-22-5-20-46-42(35)54)29-55(50-40)34-15-11-31(12-16-34)19-23-53-26-24-52(25-27-53)21-4-7-33-6-3-8-37-41(33)51(2)45(60)56(37)38-17-18-39(57)49-44(38)59/h3,5-6,8-10,13-14,19-20,22-23,28-29,31,34,38H,11-12,15-18,21,24-27H2,1-2H3,(H,48,58)(H,49,57,59)/b23-19+. The number of fused-ring (bicyclic) bond motifs is 2. The van der Waals surface area contributed by atoms with Crippen molar-refractivity contribution in [3.8, 4) is 23.1 Å². The molecule has 4 aromatic heterocycles. The second kappa shape index (κ2) is 16.5. The number of piperidine rings is 1. The van der Waals surface area contributed by atoms with Crippen LogP contribution in [0.5, 0.6) is 0 Å². The number of imidazole rings is 1. The lowest BCUT2D eigenvalue weighted by Gasteiger charge is -2.33. The first-order valence-electron chi connectivity index (χ1n) is 20.6. The van der Waals surface area contributed by atoms with Gasteiger partial charge in [-0.15, -0.1) is 0 Å². The van der Waals surface area contributed by atoms with Gasteiger partial charge < -0.3 is 10.2 Å². The molecule has 0 spiro atoms. The second-order valence-corrected chi connectivity index (χ2v) is 16.0. The summed E-state index contributed by atoms with van der Waals surface area (Å²) < 4.78 is 6.67. The molecule has 3 aliphatic rings. The first-order valence-corrected chi connectivity index (χ1v) is 20.6. The minimum atomic E-state index is -0.729. The van der Waals surface area contributed by atoms with Crippen molar-refractivity contribution in [1.29, 1.82) is 0 Å². The number of carbonyl (C=O) groups is 3. The van der Waals surface area contributed by atoms with Crippen LogP contribution in [0.25, 0.3) is 27.9 Å². The molecule has 0 radical (unpaired) electrons. The van der Waals surface area contributed by atoms with Crippen LogP contribution in [0.3, 0.4) is 0 Å². The molecule has 6 heterocycles. The molecular formula is C45H47N11O4. The molecule has 15 heteroatoms. The Kier molecular flexibility index (Phi) is 10.6. The lowest BCUT2D eigenvalue weighted by molar-refractivity contribution is -0.135. The summed E-state index contributed by atoms with van der Waals surface area (Å²) in [6, 6.07) is 15.1. The number of aryl methyl sites for hydroxylation is 2. The van der Waals surface area contributed by atoms with E-state index in [-0.39, 0.29) is 30.0 Å². The Labute approximate surface area is 346 Å². The predicted octanol–water partition coefficient (Wildman–Crippen LogP) is 4.70. The van der Waals surface area contributed by atoms with Gasteiger partial charge in [-0.2, -0.15) is 10.2 Å². The number of benzene rings is 2. The van der Waals surface area contributed by atoms with E-state index in [1.807, 2.05) is 41.2 Å². The molecule has 2 N–H and O–H groups in total. The maximum absolute atomic E-state index is 13.5. The second-order valence-electron chi connectivity index (χ2n) is 16.0. The summed E-state index contributed by atoms with van der Waals surface area (Å²) in [6.07, 6.45) is 16.2. The maximum atomic E-state index is 13.5. The monoisotopic (exact) mass is 805 g/mol. The van der Waals surface area contributed by atoms with Crippen LogP contribution in [-0.2, 0) is 16.6 Å². The van der Waals surface area contributed by atoms with E-state index >= 15 is 0 Å². The van der Waals surface area contributed by atoms with Gasteiger partial charge in [0.05, 0.1) is 41.1 Å². The summed E-state index contributed by atoms with van der Waals surface area (Å²) in [6.45, 7) is 6.30. The highest BCUT2D eigenvalue weighted by molar-refractivity contribution is 6.09. The van der Waals surface area contributed by atoms with Gasteiger partial charge in [0, 0.05) is 63.8 Å². The Morgan fingerprint density at radius 2 is 1.78 bits per heavy atom. The lowest BCUT2D eigenvalue weighted by atomic mass is 9.86. The van der Waals surface area contributed by atoms with Crippen LogP contribution in [0, 0.1) is 24.7 Å². The van der Waals surface area contributed by atoms with Crippen LogP contribution in [0.2, 0.25) is 0 Å². The first-order chi connectivity index (χ1) is 29.2. The van der Waals surface area contributed by atoms with Crippen LogP contribution >= 0.6 is 0 Å². The molecule has 1 atom stereocenters. The Bertz CT molecular complexity index is 2750. The van der Waals surface area contributed by atoms with Crippen molar-refractivity contribution in [2.24, 2.45) is 13.0 Å². The molecule has 15 nitrogen and oxygen atoms in total. The van der Waals surface area contributed by atoms with Gasteiger partial charge in [-0.05, 0) is 69.3 Å². The highest BCUT2D eigenvalue weighted by Crippen LogP contribution is 2.36. The van der Waals surface area contributed by atoms with Crippen molar-refractivity contribution in [2.75, 3.05) is 38.0 Å². The number of imide groups is 1. The number of hydrogen-bond donors (Lipinski definition) is 2. The third-order valence-corrected chi connectivity index (χ3v) is 12.1. The van der Waals surface area contributed by atoms with Crippen LogP contribution in [-0.4, -0.2) is 93.8 Å². The number of hydrogen-bond acceptors (Lipinski definition) is 9. The zero-order valence-corrected chi connectivity index (χ0v) is 33.8. The SMILES string of the molecule is Cc1ccc(-c2nn(C3CCC(/C=C/N4CCN(CC#Cc5cccc6c5n(C)c(=O)n6C5CCC(=O)NC5=O)CC4)CC3)cc2NC(=O)c2cnn3cccnc23)cc1. The summed E-state index contributed by atoms with van der Waals surface area (Å²) in [5, 5.41) is 14.8. The van der Waals surface area contributed by atoms with Gasteiger partial charge in [0.1, 0.15) is 17.3 Å². The third-order valence-electron chi connectivity index (χ3n) is 12.1. The number of amides is 3. The summed E-state index contributed by atoms with van der Waals surface area (Å²) in [7, 11) is 1.70. The average Bonchev–Trinajstić information content (AvgIpc) is 3.96. The molecule has 2 saturated heterocycles. The summed E-state index contributed by atoms with van der Waals surface area (Å²) in [5.41, 5.74) is 6.17. The van der Waals surface area contributed by atoms with Crippen molar-refractivity contribution in [2.45, 2.75) is 57.5 Å². The fourth-order valence-corrected chi connectivity index (χ4v) is 8.66. The van der Waals surface area contributed by atoms with Crippen LogP contribution in [0.4, 0.5) is 5.69 Å². The Morgan fingerprint density at radius 1 is 0.983 bits per heavy atom. The molecule has 60 heavy (non-hydrogen) atoms. The molecule has 2 aliphatic heterocycles. The number of rotatable bonds is 8. The minimum Gasteiger partial charge on any atom is -0.375 e. The molecule has 2 aromatic carbocycles. The van der Waals surface area contributed by atoms with Gasteiger partial charge in [-0.25, -0.2) is 14.3 Å². The van der Waals surface area contributed by atoms with Gasteiger partial charge in [-0.1, -0.05) is 53.8 Å². The third kappa shape index (κ3) is 7.73.